The van der Waals surface area contributed by atoms with Crippen LogP contribution in [-0.4, -0.2) is 11.6 Å². The molecule has 1 N–H and O–H groups in total. The van der Waals surface area contributed by atoms with Crippen molar-refractivity contribution in [2.75, 3.05) is 0 Å². The molecule has 4 nitrogen and oxygen atoms in total. The number of allylic oxidation sites excluding steroid dienone is 2. The highest BCUT2D eigenvalue weighted by Gasteiger charge is 2.38. The standard InChI is InChI=1S/C12H12N2O2/c15-12(11-5-2-6-16-11)14-13-10-7-8-3-1-4-9(8)10/h1-3,5-6,8-9H,4,7H2,(H,14,15)/b13-10+. The second-order valence-corrected chi connectivity index (χ2v) is 4.16. The number of hydrazone groups is 1. The molecule has 16 heavy (non-hydrogen) atoms. The van der Waals surface area contributed by atoms with E-state index in [1.54, 1.807) is 12.1 Å². The quantitative estimate of drug-likeness (QED) is 0.607. The SMILES string of the molecule is O=C(N/N=C1\CC2C=CCC12)c1ccco1. The molecule has 1 aromatic rings. The monoisotopic (exact) mass is 216 g/mol. The number of hydrogen-bond donors (Lipinski definition) is 1. The van der Waals surface area contributed by atoms with Crippen LogP contribution in [0.2, 0.25) is 0 Å². The fourth-order valence-electron chi connectivity index (χ4n) is 2.25. The van der Waals surface area contributed by atoms with Crippen molar-refractivity contribution in [1.29, 1.82) is 0 Å². The van der Waals surface area contributed by atoms with E-state index < -0.39 is 0 Å². The molecule has 4 heteroatoms. The number of hydrogen-bond acceptors (Lipinski definition) is 3. The Hall–Kier alpha value is -1.84. The first-order valence-electron chi connectivity index (χ1n) is 5.41. The molecule has 0 aliphatic heterocycles. The van der Waals surface area contributed by atoms with Crippen LogP contribution in [0.15, 0.2) is 40.1 Å². The van der Waals surface area contributed by atoms with Gasteiger partial charge >= 0.3 is 5.91 Å². The minimum absolute atomic E-state index is 0.285. The number of nitrogens with zero attached hydrogens (tertiary/aromatic N) is 1. The maximum absolute atomic E-state index is 11.5. The van der Waals surface area contributed by atoms with Crippen molar-refractivity contribution in [3.05, 3.63) is 36.3 Å². The number of carbonyl (C=O) groups is 1. The van der Waals surface area contributed by atoms with Gasteiger partial charge in [-0.3, -0.25) is 4.79 Å². The first-order chi connectivity index (χ1) is 7.84. The molecule has 0 saturated heterocycles. The number of fused-ring (bicyclic) bond motifs is 1. The van der Waals surface area contributed by atoms with Crippen LogP contribution < -0.4 is 5.43 Å². The largest absolute Gasteiger partial charge is 0.459 e. The third-order valence-corrected chi connectivity index (χ3v) is 3.21. The third kappa shape index (κ3) is 1.46. The highest BCUT2D eigenvalue weighted by Crippen LogP contribution is 2.39. The van der Waals surface area contributed by atoms with E-state index >= 15 is 0 Å². The summed E-state index contributed by atoms with van der Waals surface area (Å²) in [5.41, 5.74) is 3.62. The van der Waals surface area contributed by atoms with Crippen LogP contribution in [0.5, 0.6) is 0 Å². The van der Waals surface area contributed by atoms with E-state index in [4.69, 9.17) is 4.42 Å². The van der Waals surface area contributed by atoms with E-state index in [1.807, 2.05) is 0 Å². The maximum Gasteiger partial charge on any atom is 0.307 e. The van der Waals surface area contributed by atoms with Gasteiger partial charge in [0.2, 0.25) is 0 Å². The van der Waals surface area contributed by atoms with Gasteiger partial charge in [-0.05, 0) is 30.9 Å². The van der Waals surface area contributed by atoms with Crippen molar-refractivity contribution >= 4 is 11.6 Å². The molecule has 2 aliphatic carbocycles. The molecule has 1 aromatic heterocycles. The minimum atomic E-state index is -0.285. The van der Waals surface area contributed by atoms with Crippen molar-refractivity contribution in [2.45, 2.75) is 12.8 Å². The van der Waals surface area contributed by atoms with Crippen LogP contribution >= 0.6 is 0 Å². The maximum atomic E-state index is 11.5. The van der Waals surface area contributed by atoms with E-state index in [0.717, 1.165) is 18.6 Å². The molecule has 0 bridgehead atoms. The van der Waals surface area contributed by atoms with E-state index in [2.05, 4.69) is 22.7 Å². The molecule has 2 aliphatic rings. The minimum Gasteiger partial charge on any atom is -0.459 e. The van der Waals surface area contributed by atoms with Crippen molar-refractivity contribution in [2.24, 2.45) is 16.9 Å². The van der Waals surface area contributed by atoms with Gasteiger partial charge in [0, 0.05) is 11.6 Å². The van der Waals surface area contributed by atoms with Crippen LogP contribution in [0, 0.1) is 11.8 Å². The highest BCUT2D eigenvalue weighted by atomic mass is 16.3. The molecular formula is C12H12N2O2. The second-order valence-electron chi connectivity index (χ2n) is 4.16. The van der Waals surface area contributed by atoms with Gasteiger partial charge < -0.3 is 4.42 Å². The van der Waals surface area contributed by atoms with Crippen molar-refractivity contribution in [1.82, 2.24) is 5.43 Å². The summed E-state index contributed by atoms with van der Waals surface area (Å²) < 4.78 is 4.97. The zero-order valence-corrected chi connectivity index (χ0v) is 8.72. The summed E-state index contributed by atoms with van der Waals surface area (Å²) in [4.78, 5) is 11.5. The van der Waals surface area contributed by atoms with Crippen molar-refractivity contribution in [3.63, 3.8) is 0 Å². The topological polar surface area (TPSA) is 54.6 Å². The number of carbonyl (C=O) groups excluding carboxylic acids is 1. The smallest absolute Gasteiger partial charge is 0.307 e. The van der Waals surface area contributed by atoms with Gasteiger partial charge in [-0.2, -0.15) is 5.10 Å². The van der Waals surface area contributed by atoms with E-state index in [0.29, 0.717) is 17.6 Å². The molecule has 0 spiro atoms. The van der Waals surface area contributed by atoms with E-state index in [1.165, 1.54) is 6.26 Å². The molecule has 0 radical (unpaired) electrons. The first-order valence-corrected chi connectivity index (χ1v) is 5.41. The molecule has 3 rings (SSSR count). The molecule has 1 saturated carbocycles. The number of rotatable bonds is 2. The Bertz CT molecular complexity index is 459. The van der Waals surface area contributed by atoms with Gasteiger partial charge in [-0.25, -0.2) is 5.43 Å². The Balaban J connectivity index is 1.61. The lowest BCUT2D eigenvalue weighted by molar-refractivity contribution is 0.0926. The summed E-state index contributed by atoms with van der Waals surface area (Å²) in [5.74, 6) is 1.19. The Labute approximate surface area is 93.0 Å². The second kappa shape index (κ2) is 3.63. The molecule has 0 aromatic carbocycles. The first kappa shape index (κ1) is 9.39. The van der Waals surface area contributed by atoms with Gasteiger partial charge in [-0.1, -0.05) is 12.2 Å². The predicted octanol–water partition coefficient (Wildman–Crippen LogP) is 1.96. The van der Waals surface area contributed by atoms with Crippen LogP contribution in [0.1, 0.15) is 23.4 Å². The zero-order chi connectivity index (χ0) is 11.0. The normalized spacial score (nSPS) is 28.9. The van der Waals surface area contributed by atoms with Crippen molar-refractivity contribution in [3.8, 4) is 0 Å². The molecule has 1 heterocycles. The summed E-state index contributed by atoms with van der Waals surface area (Å²) in [6.07, 6.45) is 7.92. The van der Waals surface area contributed by atoms with Crippen LogP contribution in [0.3, 0.4) is 0 Å². The predicted molar refractivity (Wildman–Crippen MR) is 59.0 cm³/mol. The van der Waals surface area contributed by atoms with Gasteiger partial charge in [0.25, 0.3) is 0 Å². The molecular weight excluding hydrogens is 204 g/mol. The molecule has 2 atom stereocenters. The average molecular weight is 216 g/mol. The zero-order valence-electron chi connectivity index (χ0n) is 8.72. The van der Waals surface area contributed by atoms with E-state index in [-0.39, 0.29) is 5.91 Å². The van der Waals surface area contributed by atoms with Crippen LogP contribution in [0.4, 0.5) is 0 Å². The van der Waals surface area contributed by atoms with Gasteiger partial charge in [0.1, 0.15) is 0 Å². The molecule has 82 valence electrons. The van der Waals surface area contributed by atoms with Crippen LogP contribution in [0.25, 0.3) is 0 Å². The summed E-state index contributed by atoms with van der Waals surface area (Å²) in [7, 11) is 0. The summed E-state index contributed by atoms with van der Waals surface area (Å²) in [6, 6.07) is 3.30. The fraction of sp³-hybridized carbons (Fsp3) is 0.333. The van der Waals surface area contributed by atoms with E-state index in [9.17, 15) is 4.79 Å². The van der Waals surface area contributed by atoms with Gasteiger partial charge in [0.05, 0.1) is 6.26 Å². The summed E-state index contributed by atoms with van der Waals surface area (Å²) in [6.45, 7) is 0. The lowest BCUT2D eigenvalue weighted by atomic mass is 9.74. The Morgan fingerprint density at radius 2 is 2.50 bits per heavy atom. The lowest BCUT2D eigenvalue weighted by Gasteiger charge is -2.31. The average Bonchev–Trinajstić information content (AvgIpc) is 2.88. The Morgan fingerprint density at radius 1 is 1.56 bits per heavy atom. The van der Waals surface area contributed by atoms with Gasteiger partial charge in [0.15, 0.2) is 5.76 Å². The Kier molecular flexibility index (Phi) is 2.13. The number of amides is 1. The fourth-order valence-corrected chi connectivity index (χ4v) is 2.25. The molecule has 2 unspecified atom stereocenters. The van der Waals surface area contributed by atoms with Crippen molar-refractivity contribution < 1.29 is 9.21 Å². The number of nitrogens with one attached hydrogen (secondary N) is 1. The summed E-state index contributed by atoms with van der Waals surface area (Å²) in [5, 5.41) is 4.15. The Morgan fingerprint density at radius 3 is 3.25 bits per heavy atom. The summed E-state index contributed by atoms with van der Waals surface area (Å²) >= 11 is 0. The number of furan rings is 1. The third-order valence-electron chi connectivity index (χ3n) is 3.21. The molecule has 1 fully saturated rings. The molecule has 1 amide bonds. The highest BCUT2D eigenvalue weighted by molar-refractivity contribution is 5.96. The lowest BCUT2D eigenvalue weighted by Crippen LogP contribution is -2.35. The van der Waals surface area contributed by atoms with Crippen LogP contribution in [-0.2, 0) is 0 Å². The van der Waals surface area contributed by atoms with Gasteiger partial charge in [-0.15, -0.1) is 0 Å².